The molecule has 2 unspecified atom stereocenters. The van der Waals surface area contributed by atoms with E-state index in [2.05, 4.69) is 29.3 Å². The smallest absolute Gasteiger partial charge is 0.166 e. The van der Waals surface area contributed by atoms with Crippen molar-refractivity contribution in [3.8, 4) is 0 Å². The maximum absolute atomic E-state index is 13.6. The zero-order chi connectivity index (χ0) is 21.6. The Labute approximate surface area is 181 Å². The lowest BCUT2D eigenvalue weighted by Gasteiger charge is -2.41. The van der Waals surface area contributed by atoms with Gasteiger partial charge in [0.05, 0.1) is 12.1 Å². The highest BCUT2D eigenvalue weighted by atomic mass is 19.1. The van der Waals surface area contributed by atoms with Crippen molar-refractivity contribution < 1.29 is 14.3 Å². The number of Topliss-reactive ketones (excluding diaryl/α,β-unsaturated/α-hetero) is 1. The van der Waals surface area contributed by atoms with Gasteiger partial charge in [-0.05, 0) is 30.7 Å². The number of para-hydroxylation sites is 2. The minimum Gasteiger partial charge on any atom is -0.383 e. The van der Waals surface area contributed by atoms with Crippen molar-refractivity contribution in [3.63, 3.8) is 0 Å². The first-order valence-corrected chi connectivity index (χ1v) is 10.7. The molecule has 3 aromatic rings. The van der Waals surface area contributed by atoms with E-state index in [1.165, 1.54) is 23.8 Å². The lowest BCUT2D eigenvalue weighted by molar-refractivity contribution is 0.0378. The molecule has 0 amide bonds. The van der Waals surface area contributed by atoms with Crippen molar-refractivity contribution >= 4 is 17.2 Å². The first kappa shape index (κ1) is 19.8. The number of nitrogens with one attached hydrogen (secondary N) is 1. The summed E-state index contributed by atoms with van der Waals surface area (Å²) in [4.78, 5) is 15.2. The van der Waals surface area contributed by atoms with E-state index in [1.54, 1.807) is 6.07 Å². The topological polar surface area (TPSA) is 52.6 Å². The summed E-state index contributed by atoms with van der Waals surface area (Å²) in [6.07, 6.45) is 0.748. The number of β-amino-alcohol motifs (C(OH)–C–C–N with tert-alkyl or cyclic N) is 1. The van der Waals surface area contributed by atoms with E-state index >= 15 is 0 Å². The first-order valence-electron chi connectivity index (χ1n) is 10.7. The van der Waals surface area contributed by atoms with Gasteiger partial charge in [-0.15, -0.1) is 0 Å². The molecule has 31 heavy (non-hydrogen) atoms. The summed E-state index contributed by atoms with van der Waals surface area (Å²) in [5, 5.41) is 15.3. The summed E-state index contributed by atoms with van der Waals surface area (Å²) in [7, 11) is 0. The molecule has 0 radical (unpaired) electrons. The van der Waals surface area contributed by atoms with Crippen molar-refractivity contribution in [1.82, 2.24) is 0 Å². The largest absolute Gasteiger partial charge is 0.383 e. The van der Waals surface area contributed by atoms with Crippen molar-refractivity contribution in [3.05, 3.63) is 95.3 Å². The lowest BCUT2D eigenvalue weighted by Crippen LogP contribution is -2.49. The number of aliphatic hydroxyl groups is 1. The highest BCUT2D eigenvalue weighted by molar-refractivity contribution is 5.97. The van der Waals surface area contributed by atoms with Crippen LogP contribution in [0.25, 0.3) is 0 Å². The number of hydrogen-bond acceptors (Lipinski definition) is 4. The van der Waals surface area contributed by atoms with Gasteiger partial charge in [0.1, 0.15) is 11.4 Å². The summed E-state index contributed by atoms with van der Waals surface area (Å²) in [6, 6.07) is 21.7. The van der Waals surface area contributed by atoms with E-state index < -0.39 is 11.4 Å². The third-order valence-electron chi connectivity index (χ3n) is 6.82. The van der Waals surface area contributed by atoms with Gasteiger partial charge in [-0.3, -0.25) is 4.79 Å². The maximum Gasteiger partial charge on any atom is 0.166 e. The Hall–Kier alpha value is -3.18. The Morgan fingerprint density at radius 3 is 2.58 bits per heavy atom. The molecule has 0 aromatic heterocycles. The lowest BCUT2D eigenvalue weighted by atomic mass is 9.86. The fourth-order valence-electron chi connectivity index (χ4n) is 5.22. The molecular formula is C26H25FN2O2. The molecule has 2 N–H and O–H groups in total. The second-order valence-corrected chi connectivity index (χ2v) is 8.53. The van der Waals surface area contributed by atoms with Gasteiger partial charge in [-0.2, -0.15) is 0 Å². The number of carbonyl (C=O) groups is 1. The van der Waals surface area contributed by atoms with Gasteiger partial charge >= 0.3 is 0 Å². The van der Waals surface area contributed by atoms with E-state index in [0.29, 0.717) is 6.54 Å². The fourth-order valence-corrected chi connectivity index (χ4v) is 5.22. The number of fused-ring (bicyclic) bond motifs is 2. The van der Waals surface area contributed by atoms with E-state index in [0.717, 1.165) is 29.9 Å². The second-order valence-electron chi connectivity index (χ2n) is 8.53. The number of halogens is 1. The van der Waals surface area contributed by atoms with Gasteiger partial charge in [-0.25, -0.2) is 4.39 Å². The molecule has 2 aliphatic heterocycles. The third kappa shape index (κ3) is 3.03. The van der Waals surface area contributed by atoms with Crippen molar-refractivity contribution in [2.75, 3.05) is 23.3 Å². The standard InChI is InChI=1S/C26H25FN2O2/c1-2-25(16-28-22-12-5-3-10-20(22)25)29-17-26(31,21-11-4-6-13-23(21)29)15-24(30)18-8-7-9-19(27)14-18/h3-14,28,31H,2,15-17H2,1H3. The summed E-state index contributed by atoms with van der Waals surface area (Å²) in [5.74, 6) is -0.723. The molecule has 5 rings (SSSR count). The fraction of sp³-hybridized carbons (Fsp3) is 0.269. The summed E-state index contributed by atoms with van der Waals surface area (Å²) < 4.78 is 13.6. The minimum atomic E-state index is -1.35. The second kappa shape index (κ2) is 7.20. The third-order valence-corrected chi connectivity index (χ3v) is 6.82. The van der Waals surface area contributed by atoms with Crippen LogP contribution in [0, 0.1) is 5.82 Å². The summed E-state index contributed by atoms with van der Waals surface area (Å²) >= 11 is 0. The van der Waals surface area contributed by atoms with E-state index in [1.807, 2.05) is 36.4 Å². The van der Waals surface area contributed by atoms with Gasteiger partial charge in [0.2, 0.25) is 0 Å². The molecule has 4 nitrogen and oxygen atoms in total. The average molecular weight is 416 g/mol. The van der Waals surface area contributed by atoms with E-state index in [4.69, 9.17) is 0 Å². The van der Waals surface area contributed by atoms with Crippen LogP contribution < -0.4 is 10.2 Å². The van der Waals surface area contributed by atoms with Gasteiger partial charge in [0, 0.05) is 41.0 Å². The van der Waals surface area contributed by atoms with Crippen LogP contribution in [0.3, 0.4) is 0 Å². The van der Waals surface area contributed by atoms with Crippen LogP contribution in [-0.2, 0) is 11.1 Å². The Morgan fingerprint density at radius 1 is 1.06 bits per heavy atom. The van der Waals surface area contributed by atoms with E-state index in [-0.39, 0.29) is 23.3 Å². The van der Waals surface area contributed by atoms with Crippen molar-refractivity contribution in [2.24, 2.45) is 0 Å². The number of benzene rings is 3. The number of hydrogen-bond donors (Lipinski definition) is 2. The normalized spacial score (nSPS) is 23.9. The van der Waals surface area contributed by atoms with Crippen LogP contribution in [0.15, 0.2) is 72.8 Å². The van der Waals surface area contributed by atoms with Gasteiger partial charge < -0.3 is 15.3 Å². The molecular weight excluding hydrogens is 391 g/mol. The maximum atomic E-state index is 13.6. The van der Waals surface area contributed by atoms with Crippen LogP contribution in [0.1, 0.15) is 41.3 Å². The zero-order valence-electron chi connectivity index (χ0n) is 17.4. The van der Waals surface area contributed by atoms with E-state index in [9.17, 15) is 14.3 Å². The molecule has 0 saturated heterocycles. The highest BCUT2D eigenvalue weighted by Crippen LogP contribution is 2.51. The Morgan fingerprint density at radius 2 is 1.81 bits per heavy atom. The minimum absolute atomic E-state index is 0.0984. The number of carbonyl (C=O) groups excluding carboxylic acids is 1. The SMILES string of the molecule is CCC1(N2CC(O)(CC(=O)c3cccc(F)c3)c3ccccc32)CNc2ccccc21. The molecule has 3 aromatic carbocycles. The molecule has 0 aliphatic carbocycles. The molecule has 0 saturated carbocycles. The van der Waals surface area contributed by atoms with Gasteiger partial charge in [-0.1, -0.05) is 55.5 Å². The number of nitrogens with zero attached hydrogens (tertiary/aromatic N) is 1. The van der Waals surface area contributed by atoms with Crippen molar-refractivity contribution in [2.45, 2.75) is 30.9 Å². The molecule has 0 spiro atoms. The van der Waals surface area contributed by atoms with Crippen LogP contribution in [0.4, 0.5) is 15.8 Å². The molecule has 0 fully saturated rings. The average Bonchev–Trinajstić information content (AvgIpc) is 3.31. The predicted molar refractivity (Wildman–Crippen MR) is 120 cm³/mol. The number of ketones is 1. The van der Waals surface area contributed by atoms with Crippen molar-refractivity contribution in [1.29, 1.82) is 0 Å². The van der Waals surface area contributed by atoms with Crippen LogP contribution >= 0.6 is 0 Å². The first-order chi connectivity index (χ1) is 15.0. The Kier molecular flexibility index (Phi) is 4.59. The van der Waals surface area contributed by atoms with Gasteiger partial charge in [0.15, 0.2) is 5.78 Å². The summed E-state index contributed by atoms with van der Waals surface area (Å²) in [5.41, 5.74) is 2.61. The zero-order valence-corrected chi connectivity index (χ0v) is 17.4. The number of rotatable bonds is 5. The highest BCUT2D eigenvalue weighted by Gasteiger charge is 2.51. The molecule has 2 aliphatic rings. The molecule has 158 valence electrons. The molecule has 2 heterocycles. The number of anilines is 2. The van der Waals surface area contributed by atoms with Gasteiger partial charge in [0.25, 0.3) is 0 Å². The monoisotopic (exact) mass is 416 g/mol. The van der Waals surface area contributed by atoms with Crippen LogP contribution in [0.5, 0.6) is 0 Å². The Bertz CT molecular complexity index is 1160. The van der Waals surface area contributed by atoms with Crippen LogP contribution in [-0.4, -0.2) is 24.0 Å². The quantitative estimate of drug-likeness (QED) is 0.585. The molecule has 2 atom stereocenters. The van der Waals surface area contributed by atoms with Crippen LogP contribution in [0.2, 0.25) is 0 Å². The Balaban J connectivity index is 1.55. The predicted octanol–water partition coefficient (Wildman–Crippen LogP) is 4.84. The summed E-state index contributed by atoms with van der Waals surface area (Å²) in [6.45, 7) is 3.18. The molecule has 5 heteroatoms. The molecule has 0 bridgehead atoms.